The molecule has 5 nitrogen and oxygen atoms in total. The number of para-hydroxylation sites is 1. The van der Waals surface area contributed by atoms with Crippen molar-refractivity contribution in [2.75, 3.05) is 0 Å². The van der Waals surface area contributed by atoms with E-state index in [0.717, 1.165) is 39.7 Å². The van der Waals surface area contributed by atoms with Gasteiger partial charge in [-0.2, -0.15) is 5.10 Å². The van der Waals surface area contributed by atoms with Crippen LogP contribution in [0.3, 0.4) is 0 Å². The molecule has 6 aromatic rings. The molecule has 52 heavy (non-hydrogen) atoms. The minimum Gasteiger partial charge on any atom is -0.457 e. The van der Waals surface area contributed by atoms with Crippen LogP contribution in [0.25, 0.3) is 33.3 Å². The number of benzene rings is 3. The van der Waals surface area contributed by atoms with Crippen LogP contribution in [0.2, 0.25) is 0 Å². The zero-order chi connectivity index (χ0) is 37.3. The number of fused-ring (bicyclic) bond motifs is 3. The fourth-order valence-electron chi connectivity index (χ4n) is 8.63. The summed E-state index contributed by atoms with van der Waals surface area (Å²) in [4.78, 5) is 4.85. The molecule has 3 atom stereocenters. The summed E-state index contributed by atoms with van der Waals surface area (Å²) < 4.78 is 11.4. The van der Waals surface area contributed by atoms with Gasteiger partial charge in [0.1, 0.15) is 17.3 Å². The predicted molar refractivity (Wildman–Crippen MR) is 218 cm³/mol. The molecule has 3 heterocycles. The van der Waals surface area contributed by atoms with Crippen LogP contribution in [0.4, 0.5) is 0 Å². The third-order valence-corrected chi connectivity index (χ3v) is 11.0. The fraction of sp³-hybridized carbons (Fsp3) is 0.404. The molecule has 3 aromatic carbocycles. The Morgan fingerprint density at radius 3 is 2.21 bits per heavy atom. The largest absolute Gasteiger partial charge is 0.457 e. The molecule has 0 spiro atoms. The Kier molecular flexibility index (Phi) is 9.00. The van der Waals surface area contributed by atoms with Crippen LogP contribution < -0.4 is 4.74 Å². The van der Waals surface area contributed by atoms with Crippen molar-refractivity contribution in [2.24, 2.45) is 11.8 Å². The van der Waals surface area contributed by atoms with E-state index in [2.05, 4.69) is 171 Å². The first-order valence-corrected chi connectivity index (χ1v) is 19.1. The second kappa shape index (κ2) is 13.1. The van der Waals surface area contributed by atoms with E-state index in [1.807, 2.05) is 6.20 Å². The number of ether oxygens (including phenoxy) is 1. The van der Waals surface area contributed by atoms with E-state index in [-0.39, 0.29) is 10.8 Å². The SMILES string of the molecule is CC1=C[C@H](C)C[C@H](C)[C@H]1c1c(C)nn(-c2cc(Oc3ccc4c5ccccc5n(-c5cc(C(C)C)ccn5)c4c3)cc(C(C)(C)C)c2)c1C(C)(C)C. The second-order valence-corrected chi connectivity index (χ2v) is 17.8. The molecule has 1 aliphatic rings. The molecule has 1 aliphatic carbocycles. The van der Waals surface area contributed by atoms with Crippen molar-refractivity contribution in [3.8, 4) is 23.0 Å². The van der Waals surface area contributed by atoms with Crippen molar-refractivity contribution in [1.82, 2.24) is 19.3 Å². The molecule has 0 amide bonds. The number of nitrogens with zero attached hydrogens (tertiary/aromatic N) is 4. The Morgan fingerprint density at radius 2 is 1.52 bits per heavy atom. The van der Waals surface area contributed by atoms with Crippen LogP contribution in [0, 0.1) is 18.8 Å². The lowest BCUT2D eigenvalue weighted by Gasteiger charge is -2.34. The van der Waals surface area contributed by atoms with Gasteiger partial charge in [0.15, 0.2) is 0 Å². The van der Waals surface area contributed by atoms with E-state index < -0.39 is 0 Å². The molecule has 0 radical (unpaired) electrons. The molecule has 0 unspecified atom stereocenters. The van der Waals surface area contributed by atoms with Gasteiger partial charge in [0, 0.05) is 46.0 Å². The van der Waals surface area contributed by atoms with Crippen LogP contribution in [0.1, 0.15) is 122 Å². The van der Waals surface area contributed by atoms with Crippen LogP contribution in [0.15, 0.2) is 90.6 Å². The van der Waals surface area contributed by atoms with Gasteiger partial charge in [-0.25, -0.2) is 9.67 Å². The Balaban J connectivity index is 1.38. The van der Waals surface area contributed by atoms with Gasteiger partial charge in [-0.15, -0.1) is 0 Å². The molecule has 3 aromatic heterocycles. The van der Waals surface area contributed by atoms with Crippen molar-refractivity contribution in [3.63, 3.8) is 0 Å². The van der Waals surface area contributed by atoms with Crippen LogP contribution >= 0.6 is 0 Å². The lowest BCUT2D eigenvalue weighted by atomic mass is 9.70. The number of rotatable bonds is 6. The number of pyridine rings is 1. The first-order chi connectivity index (χ1) is 24.5. The summed E-state index contributed by atoms with van der Waals surface area (Å²) in [6.45, 7) is 27.5. The standard InChI is InChI=1S/C47H56N4O/c1-28(2)33-19-20-48-42(23-33)50-40-16-14-13-15-38(40)39-18-17-36(27-41(39)50)52-37-25-34(46(7,8)9)24-35(26-37)51-45(47(10,11)12)44(32(6)49-51)43-30(4)21-29(3)22-31(43)5/h13-21,23-29,31,43H,22H2,1-12H3/t29-,31-,43-/m0/s1. The predicted octanol–water partition coefficient (Wildman–Crippen LogP) is 12.9. The molecule has 0 saturated heterocycles. The first-order valence-electron chi connectivity index (χ1n) is 19.1. The van der Waals surface area contributed by atoms with Gasteiger partial charge < -0.3 is 4.74 Å². The van der Waals surface area contributed by atoms with Crippen LogP contribution in [-0.2, 0) is 10.8 Å². The fourth-order valence-corrected chi connectivity index (χ4v) is 8.63. The van der Waals surface area contributed by atoms with Crippen molar-refractivity contribution in [1.29, 1.82) is 0 Å². The van der Waals surface area contributed by atoms with Gasteiger partial charge in [0.25, 0.3) is 0 Å². The Labute approximate surface area is 310 Å². The maximum atomic E-state index is 6.87. The summed E-state index contributed by atoms with van der Waals surface area (Å²) in [5, 5.41) is 7.71. The molecule has 0 saturated carbocycles. The second-order valence-electron chi connectivity index (χ2n) is 17.8. The van der Waals surface area contributed by atoms with Gasteiger partial charge >= 0.3 is 0 Å². The lowest BCUT2D eigenvalue weighted by Crippen LogP contribution is -2.25. The third-order valence-electron chi connectivity index (χ3n) is 11.0. The van der Waals surface area contributed by atoms with Crippen molar-refractivity contribution >= 4 is 21.8 Å². The minimum atomic E-state index is -0.127. The highest BCUT2D eigenvalue weighted by molar-refractivity contribution is 6.09. The molecular weight excluding hydrogens is 637 g/mol. The zero-order valence-electron chi connectivity index (χ0n) is 33.3. The average Bonchev–Trinajstić information content (AvgIpc) is 3.58. The van der Waals surface area contributed by atoms with Crippen molar-refractivity contribution in [2.45, 2.75) is 112 Å². The normalized spacial score (nSPS) is 18.4. The van der Waals surface area contributed by atoms with Crippen molar-refractivity contribution in [3.05, 3.63) is 119 Å². The first kappa shape index (κ1) is 35.7. The number of aryl methyl sites for hydroxylation is 1. The smallest absolute Gasteiger partial charge is 0.137 e. The van der Waals surface area contributed by atoms with E-state index in [0.29, 0.717) is 23.7 Å². The summed E-state index contributed by atoms with van der Waals surface area (Å²) in [6.07, 6.45) is 5.59. The lowest BCUT2D eigenvalue weighted by molar-refractivity contribution is 0.385. The average molecular weight is 693 g/mol. The molecule has 270 valence electrons. The maximum Gasteiger partial charge on any atom is 0.137 e. The number of aromatic nitrogens is 4. The van der Waals surface area contributed by atoms with Crippen LogP contribution in [0.5, 0.6) is 11.5 Å². The summed E-state index contributed by atoms with van der Waals surface area (Å²) in [5.74, 6) is 4.41. The maximum absolute atomic E-state index is 6.87. The molecule has 0 fully saturated rings. The molecular formula is C47H56N4O. The highest BCUT2D eigenvalue weighted by atomic mass is 16.5. The summed E-state index contributed by atoms with van der Waals surface area (Å²) in [5.41, 5.74) is 10.7. The van der Waals surface area contributed by atoms with Gasteiger partial charge in [0.05, 0.1) is 28.1 Å². The van der Waals surface area contributed by atoms with E-state index in [4.69, 9.17) is 14.8 Å². The number of hydrogen-bond donors (Lipinski definition) is 0. The highest BCUT2D eigenvalue weighted by Crippen LogP contribution is 2.46. The van der Waals surface area contributed by atoms with Gasteiger partial charge in [-0.05, 0) is 97.0 Å². The topological polar surface area (TPSA) is 44.9 Å². The van der Waals surface area contributed by atoms with Crippen molar-refractivity contribution < 1.29 is 4.74 Å². The molecule has 0 aliphatic heterocycles. The van der Waals surface area contributed by atoms with E-state index >= 15 is 0 Å². The van der Waals surface area contributed by atoms with E-state index in [9.17, 15) is 0 Å². The van der Waals surface area contributed by atoms with Gasteiger partial charge in [-0.3, -0.25) is 4.57 Å². The quantitative estimate of drug-likeness (QED) is 0.163. The molecule has 0 bridgehead atoms. The van der Waals surface area contributed by atoms with Crippen LogP contribution in [-0.4, -0.2) is 19.3 Å². The molecule has 5 heteroatoms. The Morgan fingerprint density at radius 1 is 0.788 bits per heavy atom. The Hall–Kier alpha value is -4.64. The highest BCUT2D eigenvalue weighted by Gasteiger charge is 2.36. The van der Waals surface area contributed by atoms with Gasteiger partial charge in [0.2, 0.25) is 0 Å². The summed E-state index contributed by atoms with van der Waals surface area (Å²) in [7, 11) is 0. The van der Waals surface area contributed by atoms with Gasteiger partial charge in [-0.1, -0.05) is 99.1 Å². The van der Waals surface area contributed by atoms with E-state index in [1.165, 1.54) is 45.2 Å². The monoisotopic (exact) mass is 692 g/mol. The number of hydrogen-bond acceptors (Lipinski definition) is 3. The summed E-state index contributed by atoms with van der Waals surface area (Å²) in [6, 6.07) is 26.0. The zero-order valence-corrected chi connectivity index (χ0v) is 33.3. The minimum absolute atomic E-state index is 0.0993. The van der Waals surface area contributed by atoms with E-state index in [1.54, 1.807) is 0 Å². The molecule has 7 rings (SSSR count). The Bertz CT molecular complexity index is 2320. The number of allylic oxidation sites excluding steroid dienone is 2. The summed E-state index contributed by atoms with van der Waals surface area (Å²) >= 11 is 0. The third kappa shape index (κ3) is 6.48. The molecule has 0 N–H and O–H groups in total.